The minimum absolute atomic E-state index is 0.390. The van der Waals surface area contributed by atoms with E-state index >= 15 is 0 Å². The number of nitriles is 1. The molecule has 0 aliphatic carbocycles. The molecule has 0 aliphatic rings. The predicted molar refractivity (Wildman–Crippen MR) is 97.9 cm³/mol. The highest BCUT2D eigenvalue weighted by atomic mass is 35.5. The molecule has 0 aliphatic heterocycles. The minimum Gasteiger partial charge on any atom is -0.368 e. The summed E-state index contributed by atoms with van der Waals surface area (Å²) in [6.45, 7) is 0.719. The summed E-state index contributed by atoms with van der Waals surface area (Å²) in [5.41, 5.74) is 2.58. The topological polar surface area (TPSA) is 86.5 Å². The van der Waals surface area contributed by atoms with E-state index in [2.05, 4.69) is 31.9 Å². The molecule has 124 valence electrons. The summed E-state index contributed by atoms with van der Waals surface area (Å²) < 4.78 is 0. The van der Waals surface area contributed by atoms with Crippen LogP contribution in [0.5, 0.6) is 0 Å². The van der Waals surface area contributed by atoms with Gasteiger partial charge in [-0.25, -0.2) is 0 Å². The van der Waals surface area contributed by atoms with Gasteiger partial charge in [-0.3, -0.25) is 0 Å². The second-order valence-electron chi connectivity index (χ2n) is 5.28. The molecular formula is C18H15ClN6. The summed E-state index contributed by atoms with van der Waals surface area (Å²) >= 11 is 5.88. The third kappa shape index (κ3) is 4.90. The lowest BCUT2D eigenvalue weighted by molar-refractivity contribution is 0.950. The zero-order valence-corrected chi connectivity index (χ0v) is 14.0. The molecule has 1 aromatic heterocycles. The van der Waals surface area contributed by atoms with Crippen LogP contribution in [-0.2, 0) is 6.42 Å². The molecule has 7 heteroatoms. The molecule has 0 amide bonds. The van der Waals surface area contributed by atoms with Crippen LogP contribution in [0.2, 0.25) is 5.02 Å². The summed E-state index contributed by atoms with van der Waals surface area (Å²) in [6.07, 6.45) is 2.42. The van der Waals surface area contributed by atoms with E-state index in [-0.39, 0.29) is 0 Å². The van der Waals surface area contributed by atoms with Gasteiger partial charge < -0.3 is 10.6 Å². The van der Waals surface area contributed by atoms with Crippen molar-refractivity contribution in [2.75, 3.05) is 17.2 Å². The molecule has 3 aromatic rings. The molecule has 0 radical (unpaired) electrons. The highest BCUT2D eigenvalue weighted by Crippen LogP contribution is 2.14. The Morgan fingerprint density at radius 3 is 2.52 bits per heavy atom. The largest absolute Gasteiger partial charge is 0.368 e. The number of hydrogen-bond donors (Lipinski definition) is 2. The molecule has 0 unspecified atom stereocenters. The quantitative estimate of drug-likeness (QED) is 0.703. The maximum Gasteiger partial charge on any atom is 0.249 e. The second-order valence-corrected chi connectivity index (χ2v) is 5.72. The van der Waals surface area contributed by atoms with Crippen LogP contribution < -0.4 is 10.6 Å². The van der Waals surface area contributed by atoms with Crippen molar-refractivity contribution in [2.45, 2.75) is 6.42 Å². The Morgan fingerprint density at radius 2 is 1.80 bits per heavy atom. The molecule has 0 fully saturated rings. The average molecular weight is 351 g/mol. The summed E-state index contributed by atoms with van der Waals surface area (Å²) in [4.78, 5) is 4.37. The summed E-state index contributed by atoms with van der Waals surface area (Å²) in [5, 5.41) is 23.7. The van der Waals surface area contributed by atoms with Crippen molar-refractivity contribution in [1.82, 2.24) is 15.2 Å². The first-order valence-electron chi connectivity index (χ1n) is 7.68. The van der Waals surface area contributed by atoms with Crippen LogP contribution in [0.3, 0.4) is 0 Å². The van der Waals surface area contributed by atoms with E-state index in [1.807, 2.05) is 24.3 Å². The van der Waals surface area contributed by atoms with Crippen LogP contribution in [0.15, 0.2) is 54.7 Å². The van der Waals surface area contributed by atoms with E-state index < -0.39 is 0 Å². The average Bonchev–Trinajstić information content (AvgIpc) is 2.64. The van der Waals surface area contributed by atoms with Crippen molar-refractivity contribution in [3.8, 4) is 6.07 Å². The maximum atomic E-state index is 8.81. The molecule has 0 saturated heterocycles. The van der Waals surface area contributed by atoms with E-state index in [0.29, 0.717) is 17.3 Å². The van der Waals surface area contributed by atoms with Crippen LogP contribution in [0, 0.1) is 11.3 Å². The molecule has 25 heavy (non-hydrogen) atoms. The fourth-order valence-electron chi connectivity index (χ4n) is 2.18. The van der Waals surface area contributed by atoms with Gasteiger partial charge in [0, 0.05) is 17.3 Å². The van der Waals surface area contributed by atoms with Crippen molar-refractivity contribution in [1.29, 1.82) is 5.26 Å². The number of rotatable bonds is 6. The second kappa shape index (κ2) is 8.08. The van der Waals surface area contributed by atoms with Gasteiger partial charge in [-0.05, 0) is 48.4 Å². The standard InChI is InChI=1S/C18H15ClN6/c19-15-5-1-13(2-6-15)9-10-21-17-12-22-25-18(24-17)23-16-7-3-14(11-20)4-8-16/h1-8,12H,9-10H2,(H2,21,23,24,25). The van der Waals surface area contributed by atoms with Gasteiger partial charge in [0.05, 0.1) is 17.8 Å². The lowest BCUT2D eigenvalue weighted by Crippen LogP contribution is -2.08. The van der Waals surface area contributed by atoms with E-state index in [1.165, 1.54) is 5.56 Å². The third-order valence-corrected chi connectivity index (χ3v) is 3.71. The van der Waals surface area contributed by atoms with E-state index in [9.17, 15) is 0 Å². The Labute approximate surface area is 150 Å². The number of hydrogen-bond acceptors (Lipinski definition) is 6. The van der Waals surface area contributed by atoms with Crippen molar-refractivity contribution in [2.24, 2.45) is 0 Å². The number of nitrogens with zero attached hydrogens (tertiary/aromatic N) is 4. The van der Waals surface area contributed by atoms with E-state index in [0.717, 1.165) is 23.7 Å². The Hall–Kier alpha value is -3.17. The Balaban J connectivity index is 1.57. The normalized spacial score (nSPS) is 10.1. The summed E-state index contributed by atoms with van der Waals surface area (Å²) in [7, 11) is 0. The Bertz CT molecular complexity index is 871. The van der Waals surface area contributed by atoms with Gasteiger partial charge in [-0.1, -0.05) is 23.7 Å². The number of benzene rings is 2. The molecule has 0 atom stereocenters. The van der Waals surface area contributed by atoms with Crippen LogP contribution >= 0.6 is 11.6 Å². The van der Waals surface area contributed by atoms with Gasteiger partial charge >= 0.3 is 0 Å². The van der Waals surface area contributed by atoms with Crippen molar-refractivity contribution < 1.29 is 0 Å². The lowest BCUT2D eigenvalue weighted by atomic mass is 10.1. The number of aromatic nitrogens is 3. The van der Waals surface area contributed by atoms with E-state index in [1.54, 1.807) is 30.5 Å². The van der Waals surface area contributed by atoms with Crippen LogP contribution in [0.25, 0.3) is 0 Å². The fourth-order valence-corrected chi connectivity index (χ4v) is 2.31. The third-order valence-electron chi connectivity index (χ3n) is 3.46. The van der Waals surface area contributed by atoms with Gasteiger partial charge in [0.15, 0.2) is 5.82 Å². The smallest absolute Gasteiger partial charge is 0.249 e. The van der Waals surface area contributed by atoms with Gasteiger partial charge in [0.2, 0.25) is 5.95 Å². The zero-order valence-electron chi connectivity index (χ0n) is 13.3. The minimum atomic E-state index is 0.390. The lowest BCUT2D eigenvalue weighted by Gasteiger charge is -2.08. The zero-order chi connectivity index (χ0) is 17.5. The van der Waals surface area contributed by atoms with Crippen LogP contribution in [-0.4, -0.2) is 21.7 Å². The number of anilines is 3. The van der Waals surface area contributed by atoms with E-state index in [4.69, 9.17) is 16.9 Å². The first-order valence-corrected chi connectivity index (χ1v) is 8.06. The molecule has 1 heterocycles. The van der Waals surface area contributed by atoms with Crippen molar-refractivity contribution in [3.63, 3.8) is 0 Å². The highest BCUT2D eigenvalue weighted by molar-refractivity contribution is 6.30. The molecule has 0 bridgehead atoms. The maximum absolute atomic E-state index is 8.81. The molecule has 2 aromatic carbocycles. The Morgan fingerprint density at radius 1 is 1.04 bits per heavy atom. The van der Waals surface area contributed by atoms with Gasteiger partial charge in [0.25, 0.3) is 0 Å². The number of halogens is 1. The summed E-state index contributed by atoms with van der Waals surface area (Å²) in [6, 6.07) is 16.9. The highest BCUT2D eigenvalue weighted by Gasteiger charge is 2.02. The first-order chi connectivity index (χ1) is 12.2. The molecular weight excluding hydrogens is 336 g/mol. The molecule has 3 rings (SSSR count). The van der Waals surface area contributed by atoms with Gasteiger partial charge in [-0.2, -0.15) is 15.3 Å². The van der Waals surface area contributed by atoms with Gasteiger partial charge in [-0.15, -0.1) is 5.10 Å². The van der Waals surface area contributed by atoms with Gasteiger partial charge in [0.1, 0.15) is 0 Å². The predicted octanol–water partition coefficient (Wildman–Crippen LogP) is 3.79. The SMILES string of the molecule is N#Cc1ccc(Nc2nncc(NCCc3ccc(Cl)cc3)n2)cc1. The monoisotopic (exact) mass is 350 g/mol. The van der Waals surface area contributed by atoms with Crippen molar-refractivity contribution in [3.05, 3.63) is 70.9 Å². The molecule has 0 saturated carbocycles. The first kappa shape index (κ1) is 16.7. The molecule has 6 nitrogen and oxygen atoms in total. The molecule has 0 spiro atoms. The van der Waals surface area contributed by atoms with Crippen LogP contribution in [0.4, 0.5) is 17.5 Å². The Kier molecular flexibility index (Phi) is 5.39. The number of nitrogens with one attached hydrogen (secondary N) is 2. The summed E-state index contributed by atoms with van der Waals surface area (Å²) in [5.74, 6) is 1.03. The fraction of sp³-hybridized carbons (Fsp3) is 0.111. The molecule has 2 N–H and O–H groups in total. The van der Waals surface area contributed by atoms with Crippen molar-refractivity contribution >= 4 is 29.1 Å². The van der Waals surface area contributed by atoms with Crippen LogP contribution in [0.1, 0.15) is 11.1 Å².